The van der Waals surface area contributed by atoms with E-state index in [9.17, 15) is 4.79 Å². The van der Waals surface area contributed by atoms with Crippen LogP contribution in [0.3, 0.4) is 0 Å². The number of likely N-dealkylation sites (tertiary alicyclic amines) is 1. The van der Waals surface area contributed by atoms with Crippen LogP contribution in [0.5, 0.6) is 17.2 Å². The van der Waals surface area contributed by atoms with Crippen LogP contribution in [0.2, 0.25) is 0 Å². The topological polar surface area (TPSA) is 91.6 Å². The van der Waals surface area contributed by atoms with Crippen LogP contribution in [-0.4, -0.2) is 63.6 Å². The molecule has 1 aromatic heterocycles. The van der Waals surface area contributed by atoms with Gasteiger partial charge >= 0.3 is 0 Å². The third-order valence-electron chi connectivity index (χ3n) is 6.04. The van der Waals surface area contributed by atoms with Crippen LogP contribution < -0.4 is 14.2 Å². The van der Waals surface area contributed by atoms with E-state index in [1.54, 1.807) is 11.8 Å². The van der Waals surface area contributed by atoms with Crippen molar-refractivity contribution in [3.05, 3.63) is 53.6 Å². The van der Waals surface area contributed by atoms with Gasteiger partial charge in [-0.05, 0) is 58.7 Å². The number of rotatable bonds is 7. The van der Waals surface area contributed by atoms with E-state index in [1.807, 2.05) is 47.4 Å². The predicted molar refractivity (Wildman–Crippen MR) is 126 cm³/mol. The van der Waals surface area contributed by atoms with Gasteiger partial charge in [0.05, 0.1) is 38.7 Å². The van der Waals surface area contributed by atoms with E-state index in [-0.39, 0.29) is 17.7 Å². The largest absolute Gasteiger partial charge is 0.497 e. The van der Waals surface area contributed by atoms with Crippen LogP contribution in [0.1, 0.15) is 36.4 Å². The first-order valence-electron chi connectivity index (χ1n) is 11.4. The summed E-state index contributed by atoms with van der Waals surface area (Å²) < 4.78 is 18.5. The van der Waals surface area contributed by atoms with Crippen molar-refractivity contribution < 1.29 is 19.0 Å². The van der Waals surface area contributed by atoms with Crippen LogP contribution >= 0.6 is 11.8 Å². The lowest BCUT2D eigenvalue weighted by Gasteiger charge is -2.25. The van der Waals surface area contributed by atoms with Crippen LogP contribution in [0.25, 0.3) is 0 Å². The Bertz CT molecular complexity index is 1140. The molecular weight excluding hydrogens is 454 g/mol. The van der Waals surface area contributed by atoms with Crippen LogP contribution in [0.4, 0.5) is 0 Å². The number of methoxy groups -OCH3 is 1. The summed E-state index contributed by atoms with van der Waals surface area (Å²) in [5.74, 6) is 2.70. The molecule has 0 saturated carbocycles. The second-order valence-corrected chi connectivity index (χ2v) is 9.20. The normalized spacial score (nSPS) is 17.4. The zero-order valence-electron chi connectivity index (χ0n) is 19.1. The fourth-order valence-corrected chi connectivity index (χ4v) is 5.07. The fourth-order valence-electron chi connectivity index (χ4n) is 4.31. The van der Waals surface area contributed by atoms with Crippen molar-refractivity contribution in [3.8, 4) is 17.2 Å². The van der Waals surface area contributed by atoms with Crippen LogP contribution in [0.15, 0.2) is 47.6 Å². The van der Waals surface area contributed by atoms with E-state index < -0.39 is 0 Å². The van der Waals surface area contributed by atoms with Crippen molar-refractivity contribution >= 4 is 17.7 Å². The molecule has 0 radical (unpaired) electrons. The van der Waals surface area contributed by atoms with Gasteiger partial charge < -0.3 is 19.1 Å². The zero-order valence-corrected chi connectivity index (χ0v) is 19.9. The SMILES string of the molecule is COc1ccc(Cn2nnnc2SCC(=O)N2CCC[C@H]2c2ccc3c(c2)OCCCO3)cc1. The Morgan fingerprint density at radius 1 is 1.12 bits per heavy atom. The van der Waals surface area contributed by atoms with Crippen molar-refractivity contribution in [3.63, 3.8) is 0 Å². The highest BCUT2D eigenvalue weighted by Gasteiger charge is 2.31. The predicted octanol–water partition coefficient (Wildman–Crippen LogP) is 3.35. The molecule has 0 bridgehead atoms. The molecule has 34 heavy (non-hydrogen) atoms. The number of aromatic nitrogens is 4. The number of tetrazole rings is 1. The number of fused-ring (bicyclic) bond motifs is 1. The van der Waals surface area contributed by atoms with Gasteiger partial charge in [0.1, 0.15) is 5.75 Å². The second-order valence-electron chi connectivity index (χ2n) is 8.26. The standard InChI is InChI=1S/C24H27N5O4S/c1-31-19-8-5-17(6-9-19)15-29-24(25-26-27-29)34-16-23(30)28-11-2-4-20(28)18-7-10-21-22(14-18)33-13-3-12-32-21/h5-10,14,20H,2-4,11-13,15-16H2,1H3/t20-/m0/s1. The molecule has 0 N–H and O–H groups in total. The molecule has 1 fully saturated rings. The average Bonchev–Trinajstić information content (AvgIpc) is 3.47. The molecule has 9 nitrogen and oxygen atoms in total. The average molecular weight is 482 g/mol. The minimum Gasteiger partial charge on any atom is -0.497 e. The molecule has 5 rings (SSSR count). The molecule has 1 saturated heterocycles. The van der Waals surface area contributed by atoms with Gasteiger partial charge in [-0.15, -0.1) is 5.10 Å². The molecule has 1 atom stereocenters. The van der Waals surface area contributed by atoms with Gasteiger partial charge in [0, 0.05) is 13.0 Å². The summed E-state index contributed by atoms with van der Waals surface area (Å²) in [7, 11) is 1.64. The Kier molecular flexibility index (Phi) is 6.84. The maximum Gasteiger partial charge on any atom is 0.233 e. The molecule has 2 aliphatic heterocycles. The Hall–Kier alpha value is -3.27. The third-order valence-corrected chi connectivity index (χ3v) is 6.99. The Morgan fingerprint density at radius 2 is 1.94 bits per heavy atom. The van der Waals surface area contributed by atoms with Gasteiger partial charge in [0.25, 0.3) is 0 Å². The first-order valence-corrected chi connectivity index (χ1v) is 12.4. The summed E-state index contributed by atoms with van der Waals surface area (Å²) in [6, 6.07) is 13.8. The molecule has 0 unspecified atom stereocenters. The van der Waals surface area contributed by atoms with Crippen LogP contribution in [0, 0.1) is 0 Å². The number of amides is 1. The van der Waals surface area contributed by atoms with E-state index >= 15 is 0 Å². The molecule has 178 valence electrons. The van der Waals surface area contributed by atoms with Crippen molar-refractivity contribution in [1.29, 1.82) is 0 Å². The molecule has 0 aliphatic carbocycles. The zero-order chi connectivity index (χ0) is 23.3. The Balaban J connectivity index is 1.23. The minimum absolute atomic E-state index is 0.0422. The Labute approximate surface area is 202 Å². The number of hydrogen-bond acceptors (Lipinski definition) is 8. The van der Waals surface area contributed by atoms with Crippen molar-refractivity contribution in [2.75, 3.05) is 32.6 Å². The van der Waals surface area contributed by atoms with E-state index in [0.29, 0.717) is 24.9 Å². The summed E-state index contributed by atoms with van der Waals surface area (Å²) in [4.78, 5) is 15.1. The maximum absolute atomic E-state index is 13.2. The van der Waals surface area contributed by atoms with Crippen LogP contribution in [-0.2, 0) is 11.3 Å². The summed E-state index contributed by atoms with van der Waals surface area (Å²) in [5, 5.41) is 12.6. The lowest BCUT2D eigenvalue weighted by Crippen LogP contribution is -2.32. The number of carbonyl (C=O) groups excluding carboxylic acids is 1. The highest BCUT2D eigenvalue weighted by molar-refractivity contribution is 7.99. The minimum atomic E-state index is 0.0422. The van der Waals surface area contributed by atoms with Gasteiger partial charge in [-0.2, -0.15) is 0 Å². The smallest absolute Gasteiger partial charge is 0.233 e. The van der Waals surface area contributed by atoms with Gasteiger partial charge in [-0.1, -0.05) is 30.0 Å². The molecule has 3 aromatic rings. The highest BCUT2D eigenvalue weighted by Crippen LogP contribution is 2.38. The maximum atomic E-state index is 13.2. The fraction of sp³-hybridized carbons (Fsp3) is 0.417. The van der Waals surface area contributed by atoms with E-state index in [4.69, 9.17) is 14.2 Å². The van der Waals surface area contributed by atoms with E-state index in [0.717, 1.165) is 54.2 Å². The van der Waals surface area contributed by atoms with Gasteiger partial charge in [-0.3, -0.25) is 4.79 Å². The van der Waals surface area contributed by atoms with Gasteiger partial charge in [0.15, 0.2) is 11.5 Å². The lowest BCUT2D eigenvalue weighted by molar-refractivity contribution is -0.129. The summed E-state index contributed by atoms with van der Waals surface area (Å²) in [6.07, 6.45) is 2.78. The van der Waals surface area contributed by atoms with Crippen molar-refractivity contribution in [2.45, 2.75) is 37.0 Å². The van der Waals surface area contributed by atoms with E-state index in [2.05, 4.69) is 15.5 Å². The number of nitrogens with zero attached hydrogens (tertiary/aromatic N) is 5. The molecule has 2 aromatic carbocycles. The molecular formula is C24H27N5O4S. The highest BCUT2D eigenvalue weighted by atomic mass is 32.2. The number of thioether (sulfide) groups is 1. The number of benzene rings is 2. The van der Waals surface area contributed by atoms with Gasteiger partial charge in [0.2, 0.25) is 11.1 Å². The first kappa shape index (κ1) is 22.5. The quantitative estimate of drug-likeness (QED) is 0.475. The number of carbonyl (C=O) groups is 1. The summed E-state index contributed by atoms with van der Waals surface area (Å²) in [5.41, 5.74) is 2.14. The van der Waals surface area contributed by atoms with Crippen molar-refractivity contribution in [1.82, 2.24) is 25.1 Å². The van der Waals surface area contributed by atoms with E-state index in [1.165, 1.54) is 11.8 Å². The first-order chi connectivity index (χ1) is 16.7. The number of ether oxygens (including phenoxy) is 3. The summed E-state index contributed by atoms with van der Waals surface area (Å²) in [6.45, 7) is 2.58. The second kappa shape index (κ2) is 10.3. The van der Waals surface area contributed by atoms with Crippen molar-refractivity contribution in [2.24, 2.45) is 0 Å². The monoisotopic (exact) mass is 481 g/mol. The summed E-state index contributed by atoms with van der Waals surface area (Å²) >= 11 is 1.36. The lowest BCUT2D eigenvalue weighted by atomic mass is 10.0. The number of hydrogen-bond donors (Lipinski definition) is 0. The molecule has 3 heterocycles. The van der Waals surface area contributed by atoms with Gasteiger partial charge in [-0.25, -0.2) is 4.68 Å². The Morgan fingerprint density at radius 3 is 2.76 bits per heavy atom. The molecule has 1 amide bonds. The molecule has 0 spiro atoms. The molecule has 2 aliphatic rings. The third kappa shape index (κ3) is 4.96. The molecule has 10 heteroatoms.